The smallest absolute Gasteiger partial charge is 0.161 e. The Morgan fingerprint density at radius 1 is 0.441 bits per heavy atom. The quantitative estimate of drug-likeness (QED) is 0.113. The van der Waals surface area contributed by atoms with E-state index in [2.05, 4.69) is 218 Å². The fraction of sp³-hybridized carbons (Fsp3) is 0.0159. The molecule has 0 aliphatic rings. The molecule has 0 atom stereocenters. The first-order chi connectivity index (χ1) is 33.4. The van der Waals surface area contributed by atoms with Crippen LogP contribution in [0.2, 0.25) is 0 Å². The molecule has 5 heteroatoms. The van der Waals surface area contributed by atoms with E-state index >= 15 is 0 Å². The standard InChI is InChI=1S/C63H41N3S2/c1-38(2)61(42-27-25-41(26-28-42)40-15-5-4-6-16-40)65-63(64-39(3)43-29-30-49-48-21-11-13-23-57(48)67-59(49)37-43)51-31-32-54(62-60(51)50-22-12-14-24-58(50)68-62)66-55-35-46-19-9-7-17-44(46)33-52(55)53-34-45-18-8-10-20-47(45)36-56(53)66/h4-37H,1,3H2,2H3/b64-63-,65-61+. The number of aromatic nitrogens is 1. The van der Waals surface area contributed by atoms with E-state index in [1.165, 1.54) is 73.8 Å². The first-order valence-electron chi connectivity index (χ1n) is 22.8. The summed E-state index contributed by atoms with van der Waals surface area (Å²) in [5.41, 5.74) is 10.9. The molecule has 0 aliphatic heterocycles. The number of allylic oxidation sites excluding steroid dienone is 1. The first kappa shape index (κ1) is 40.1. The lowest BCUT2D eigenvalue weighted by molar-refractivity contribution is 1.20. The molecular formula is C63H41N3S2. The molecule has 0 saturated carbocycles. The molecule has 10 aromatic carbocycles. The molecule has 0 fully saturated rings. The van der Waals surface area contributed by atoms with Crippen LogP contribution in [0, 0.1) is 0 Å². The maximum absolute atomic E-state index is 5.58. The van der Waals surface area contributed by atoms with E-state index in [-0.39, 0.29) is 0 Å². The van der Waals surface area contributed by atoms with Crippen LogP contribution in [0.15, 0.2) is 235 Å². The summed E-state index contributed by atoms with van der Waals surface area (Å²) in [6, 6.07) is 74.3. The average molecular weight is 904 g/mol. The second-order valence-electron chi connectivity index (χ2n) is 17.6. The number of nitrogens with zero attached hydrogens (tertiary/aromatic N) is 3. The zero-order valence-electron chi connectivity index (χ0n) is 37.2. The predicted octanol–water partition coefficient (Wildman–Crippen LogP) is 18.0. The van der Waals surface area contributed by atoms with Gasteiger partial charge in [-0.15, -0.1) is 22.7 Å². The summed E-state index contributed by atoms with van der Waals surface area (Å²) >= 11 is 3.62. The van der Waals surface area contributed by atoms with Gasteiger partial charge >= 0.3 is 0 Å². The summed E-state index contributed by atoms with van der Waals surface area (Å²) in [7, 11) is 0. The number of thiophene rings is 2. The van der Waals surface area contributed by atoms with Gasteiger partial charge in [0.25, 0.3) is 0 Å². The number of fused-ring (bicyclic) bond motifs is 11. The van der Waals surface area contributed by atoms with Gasteiger partial charge in [-0.25, -0.2) is 9.98 Å². The molecule has 0 amide bonds. The normalized spacial score (nSPS) is 12.5. The molecular weight excluding hydrogens is 863 g/mol. The molecule has 0 unspecified atom stereocenters. The van der Waals surface area contributed by atoms with Gasteiger partial charge in [-0.3, -0.25) is 0 Å². The van der Waals surface area contributed by atoms with Crippen molar-refractivity contribution in [2.75, 3.05) is 0 Å². The minimum Gasteiger partial charge on any atom is -0.308 e. The molecule has 3 aromatic heterocycles. The van der Waals surface area contributed by atoms with Crippen molar-refractivity contribution in [2.45, 2.75) is 6.92 Å². The van der Waals surface area contributed by atoms with E-state index in [1.54, 1.807) is 11.3 Å². The highest BCUT2D eigenvalue weighted by Gasteiger charge is 2.23. The van der Waals surface area contributed by atoms with Gasteiger partial charge in [0.2, 0.25) is 0 Å². The topological polar surface area (TPSA) is 29.6 Å². The van der Waals surface area contributed by atoms with Gasteiger partial charge in [0.15, 0.2) is 5.84 Å². The molecule has 68 heavy (non-hydrogen) atoms. The lowest BCUT2D eigenvalue weighted by atomic mass is 9.99. The van der Waals surface area contributed by atoms with Crippen molar-refractivity contribution in [1.82, 2.24) is 4.57 Å². The van der Waals surface area contributed by atoms with Crippen LogP contribution >= 0.6 is 22.7 Å². The van der Waals surface area contributed by atoms with Gasteiger partial charge in [0, 0.05) is 63.1 Å². The molecule has 13 aromatic rings. The lowest BCUT2D eigenvalue weighted by Crippen LogP contribution is -2.09. The Morgan fingerprint density at radius 2 is 0.985 bits per heavy atom. The number of amidine groups is 1. The Labute approximate surface area is 401 Å². The Morgan fingerprint density at radius 3 is 1.65 bits per heavy atom. The molecule has 0 aliphatic carbocycles. The maximum atomic E-state index is 5.58. The number of hydrogen-bond acceptors (Lipinski definition) is 3. The van der Waals surface area contributed by atoms with Crippen LogP contribution in [0.25, 0.3) is 106 Å². The summed E-state index contributed by atoms with van der Waals surface area (Å²) in [6.07, 6.45) is 0. The first-order valence-corrected chi connectivity index (χ1v) is 24.5. The second-order valence-corrected chi connectivity index (χ2v) is 19.7. The number of rotatable bonds is 7. The van der Waals surface area contributed by atoms with Gasteiger partial charge in [-0.2, -0.15) is 0 Å². The SMILES string of the molecule is C=C(C)/C(=N\C(=N/C(=C)c1ccc2c(c1)sc1ccccc12)c1ccc(-n2c3cc4ccccc4cc3c3cc4ccccc4cc32)c2sc3ccccc3c12)c1ccc(-c2ccccc2)cc1. The van der Waals surface area contributed by atoms with Crippen LogP contribution in [0.3, 0.4) is 0 Å². The van der Waals surface area contributed by atoms with Crippen molar-refractivity contribution in [3.05, 3.63) is 242 Å². The fourth-order valence-corrected chi connectivity index (χ4v) is 12.4. The Hall–Kier alpha value is -8.22. The van der Waals surface area contributed by atoms with Crippen LogP contribution in [0.5, 0.6) is 0 Å². The molecule has 0 N–H and O–H groups in total. The number of hydrogen-bond donors (Lipinski definition) is 0. The predicted molar refractivity (Wildman–Crippen MR) is 297 cm³/mol. The molecule has 320 valence electrons. The average Bonchev–Trinajstić information content (AvgIpc) is 4.05. The number of benzene rings is 10. The van der Waals surface area contributed by atoms with Crippen molar-refractivity contribution in [2.24, 2.45) is 9.98 Å². The third-order valence-corrected chi connectivity index (χ3v) is 15.7. The zero-order chi connectivity index (χ0) is 45.5. The van der Waals surface area contributed by atoms with E-state index in [0.29, 0.717) is 11.5 Å². The van der Waals surface area contributed by atoms with Crippen molar-refractivity contribution < 1.29 is 0 Å². The monoisotopic (exact) mass is 903 g/mol. The lowest BCUT2D eigenvalue weighted by Gasteiger charge is -2.15. The van der Waals surface area contributed by atoms with Crippen LogP contribution < -0.4 is 0 Å². The third-order valence-electron chi connectivity index (χ3n) is 13.3. The van der Waals surface area contributed by atoms with Gasteiger partial charge in [0.1, 0.15) is 0 Å². The van der Waals surface area contributed by atoms with Crippen molar-refractivity contribution in [3.8, 4) is 16.8 Å². The Bertz CT molecular complexity index is 4200. The molecule has 0 spiro atoms. The van der Waals surface area contributed by atoms with Crippen molar-refractivity contribution in [3.63, 3.8) is 0 Å². The summed E-state index contributed by atoms with van der Waals surface area (Å²) in [6.45, 7) is 11.2. The van der Waals surface area contributed by atoms with Gasteiger partial charge in [-0.1, -0.05) is 165 Å². The highest BCUT2D eigenvalue weighted by Crippen LogP contribution is 2.45. The van der Waals surface area contributed by atoms with E-state index in [9.17, 15) is 0 Å². The Kier molecular flexibility index (Phi) is 9.43. The molecule has 13 rings (SSSR count). The van der Waals surface area contributed by atoms with Crippen LogP contribution in [0.1, 0.15) is 23.6 Å². The van der Waals surface area contributed by atoms with Crippen LogP contribution in [-0.2, 0) is 0 Å². The molecule has 0 bridgehead atoms. The van der Waals surface area contributed by atoms with Gasteiger partial charge in [0.05, 0.1) is 32.8 Å². The van der Waals surface area contributed by atoms with Crippen LogP contribution in [0.4, 0.5) is 0 Å². The summed E-state index contributed by atoms with van der Waals surface area (Å²) in [5.74, 6) is 0.580. The Balaban J connectivity index is 1.07. The maximum Gasteiger partial charge on any atom is 0.161 e. The number of aliphatic imine (C=N–C) groups is 2. The third kappa shape index (κ3) is 6.62. The molecule has 3 nitrogen and oxygen atoms in total. The summed E-state index contributed by atoms with van der Waals surface area (Å²) < 4.78 is 7.31. The summed E-state index contributed by atoms with van der Waals surface area (Å²) in [4.78, 5) is 11.1. The van der Waals surface area contributed by atoms with E-state index in [4.69, 9.17) is 9.98 Å². The van der Waals surface area contributed by atoms with Crippen molar-refractivity contribution in [1.29, 1.82) is 0 Å². The van der Waals surface area contributed by atoms with Crippen LogP contribution in [-0.4, -0.2) is 16.1 Å². The zero-order valence-corrected chi connectivity index (χ0v) is 38.8. The molecule has 0 radical (unpaired) electrons. The minimum atomic E-state index is 0.580. The highest BCUT2D eigenvalue weighted by molar-refractivity contribution is 7.26. The fourth-order valence-electron chi connectivity index (χ4n) is 10.0. The van der Waals surface area contributed by atoms with E-state index in [1.807, 2.05) is 24.3 Å². The molecule has 0 saturated heterocycles. The molecule has 3 heterocycles. The van der Waals surface area contributed by atoms with E-state index < -0.39 is 0 Å². The van der Waals surface area contributed by atoms with Crippen molar-refractivity contribution >= 4 is 124 Å². The van der Waals surface area contributed by atoms with Gasteiger partial charge < -0.3 is 4.57 Å². The minimum absolute atomic E-state index is 0.580. The van der Waals surface area contributed by atoms with E-state index in [0.717, 1.165) is 54.7 Å². The van der Waals surface area contributed by atoms with Gasteiger partial charge in [-0.05, 0) is 99.8 Å². The summed E-state index contributed by atoms with van der Waals surface area (Å²) in [5, 5.41) is 12.1. The second kappa shape index (κ2) is 16.0. The highest BCUT2D eigenvalue weighted by atomic mass is 32.1. The largest absolute Gasteiger partial charge is 0.308 e.